The summed E-state index contributed by atoms with van der Waals surface area (Å²) in [4.78, 5) is 63.6. The van der Waals surface area contributed by atoms with Crippen LogP contribution >= 0.6 is 55.4 Å². The molecule has 0 fully saturated rings. The van der Waals surface area contributed by atoms with E-state index >= 15 is 0 Å². The number of benzene rings is 2. The molecule has 4 N–H and O–H groups in total. The molecule has 0 saturated carbocycles. The van der Waals surface area contributed by atoms with Gasteiger partial charge in [-0.1, -0.05) is 59.1 Å². The largest absolute Gasteiger partial charge is 0.478 e. The second kappa shape index (κ2) is 19.2. The Hall–Kier alpha value is -3.86. The summed E-state index contributed by atoms with van der Waals surface area (Å²) in [5.74, 6) is -2.30. The first-order valence-corrected chi connectivity index (χ1v) is 18.0. The molecule has 16 heteroatoms. The number of rotatable bonds is 13. The van der Waals surface area contributed by atoms with Crippen molar-refractivity contribution >= 4 is 90.5 Å². The van der Waals surface area contributed by atoms with Gasteiger partial charge < -0.3 is 20.8 Å². The molecule has 0 saturated heterocycles. The molecule has 0 radical (unpaired) electrons. The van der Waals surface area contributed by atoms with Crippen molar-refractivity contribution < 1.29 is 29.4 Å². The standard InChI is InChI=1S/2C16H16BrN3O3S/c1-3-9(2)24-14-8-18-13(7-19-14)15(21)20-12-5-4-10(17)6-11(12)16(22)23;1-2-3-6-24-14-9-18-13(8-19-14)15(21)20-12-5-4-10(17)7-11(12)16(22)23/h4-9H,3H2,1-2H3,(H,20,21)(H,22,23);4-5,7-9H,2-3,6H2,1H3,(H,20,21)(H,22,23). The third-order valence-corrected chi connectivity index (χ3v) is 9.46. The van der Waals surface area contributed by atoms with Gasteiger partial charge in [-0.05, 0) is 55.0 Å². The maximum atomic E-state index is 12.2. The molecule has 1 atom stereocenters. The van der Waals surface area contributed by atoms with Gasteiger partial charge in [-0.2, -0.15) is 0 Å². The Bertz CT molecular complexity index is 1750. The first-order chi connectivity index (χ1) is 22.9. The predicted molar refractivity (Wildman–Crippen MR) is 193 cm³/mol. The minimum atomic E-state index is -1.13. The number of anilines is 2. The summed E-state index contributed by atoms with van der Waals surface area (Å²) >= 11 is 9.59. The number of thioether (sulfide) groups is 2. The highest BCUT2D eigenvalue weighted by molar-refractivity contribution is 9.10. The number of carboxylic acids is 2. The minimum Gasteiger partial charge on any atom is -0.478 e. The van der Waals surface area contributed by atoms with Crippen molar-refractivity contribution in [2.24, 2.45) is 0 Å². The normalized spacial score (nSPS) is 11.1. The third kappa shape index (κ3) is 12.0. The molecule has 0 aliphatic rings. The number of hydrogen-bond acceptors (Lipinski definition) is 10. The summed E-state index contributed by atoms with van der Waals surface area (Å²) in [6.07, 6.45) is 9.09. The lowest BCUT2D eigenvalue weighted by atomic mass is 10.2. The first kappa shape index (κ1) is 38.6. The summed E-state index contributed by atoms with van der Waals surface area (Å²) in [5.41, 5.74) is 0.665. The van der Waals surface area contributed by atoms with Gasteiger partial charge >= 0.3 is 11.9 Å². The molecule has 2 aromatic heterocycles. The number of nitrogens with one attached hydrogen (secondary N) is 2. The molecule has 1 unspecified atom stereocenters. The predicted octanol–water partition coefficient (Wildman–Crippen LogP) is 8.16. The van der Waals surface area contributed by atoms with Crippen LogP contribution in [-0.4, -0.2) is 64.9 Å². The fourth-order valence-corrected chi connectivity index (χ4v) is 6.02. The molecule has 252 valence electrons. The average molecular weight is 821 g/mol. The van der Waals surface area contributed by atoms with Crippen molar-refractivity contribution in [3.8, 4) is 0 Å². The second-order valence-electron chi connectivity index (χ2n) is 9.92. The van der Waals surface area contributed by atoms with E-state index in [0.717, 1.165) is 35.1 Å². The molecule has 2 aromatic carbocycles. The van der Waals surface area contributed by atoms with E-state index in [1.165, 1.54) is 36.7 Å². The van der Waals surface area contributed by atoms with E-state index in [4.69, 9.17) is 0 Å². The molecule has 2 heterocycles. The van der Waals surface area contributed by atoms with Crippen molar-refractivity contribution in [1.29, 1.82) is 0 Å². The van der Waals surface area contributed by atoms with Crippen LogP contribution in [0.25, 0.3) is 0 Å². The van der Waals surface area contributed by atoms with Crippen LogP contribution in [-0.2, 0) is 0 Å². The monoisotopic (exact) mass is 818 g/mol. The van der Waals surface area contributed by atoms with Crippen LogP contribution in [0, 0.1) is 0 Å². The summed E-state index contributed by atoms with van der Waals surface area (Å²) in [6, 6.07) is 9.20. The van der Waals surface area contributed by atoms with Crippen LogP contribution in [0.3, 0.4) is 0 Å². The molecule has 12 nitrogen and oxygen atoms in total. The van der Waals surface area contributed by atoms with E-state index in [2.05, 4.69) is 83.2 Å². The number of carboxylic acid groups (broad SMARTS) is 2. The van der Waals surface area contributed by atoms with Crippen LogP contribution in [0.5, 0.6) is 0 Å². The molecular formula is C32H32Br2N6O6S2. The van der Waals surface area contributed by atoms with Gasteiger partial charge in [0.05, 0.1) is 47.3 Å². The summed E-state index contributed by atoms with van der Waals surface area (Å²) in [7, 11) is 0. The van der Waals surface area contributed by atoms with E-state index in [1.54, 1.807) is 48.1 Å². The van der Waals surface area contributed by atoms with Crippen LogP contribution in [0.1, 0.15) is 81.7 Å². The van der Waals surface area contributed by atoms with E-state index in [-0.39, 0.29) is 33.9 Å². The average Bonchev–Trinajstić information content (AvgIpc) is 3.07. The van der Waals surface area contributed by atoms with E-state index in [1.807, 2.05) is 0 Å². The number of amides is 2. The Labute approximate surface area is 302 Å². The molecular weight excluding hydrogens is 788 g/mol. The molecule has 4 aromatic rings. The lowest BCUT2D eigenvalue weighted by Gasteiger charge is -2.09. The lowest BCUT2D eigenvalue weighted by Crippen LogP contribution is -2.16. The number of halogens is 2. The van der Waals surface area contributed by atoms with E-state index < -0.39 is 23.8 Å². The Kier molecular flexibility index (Phi) is 15.4. The summed E-state index contributed by atoms with van der Waals surface area (Å²) in [5, 5.41) is 25.5. The van der Waals surface area contributed by atoms with Crippen molar-refractivity contribution in [2.45, 2.75) is 55.3 Å². The number of aromatic nitrogens is 4. The van der Waals surface area contributed by atoms with Gasteiger partial charge in [0.25, 0.3) is 11.8 Å². The van der Waals surface area contributed by atoms with E-state index in [0.29, 0.717) is 14.2 Å². The van der Waals surface area contributed by atoms with Gasteiger partial charge in [-0.15, -0.1) is 23.5 Å². The highest BCUT2D eigenvalue weighted by Gasteiger charge is 2.17. The summed E-state index contributed by atoms with van der Waals surface area (Å²) in [6.45, 7) is 6.30. The molecule has 2 amide bonds. The second-order valence-corrected chi connectivity index (χ2v) is 14.3. The number of nitrogens with zero attached hydrogens (tertiary/aromatic N) is 4. The zero-order chi connectivity index (χ0) is 35.2. The number of carbonyl (C=O) groups excluding carboxylic acids is 2. The highest BCUT2D eigenvalue weighted by atomic mass is 79.9. The van der Waals surface area contributed by atoms with Gasteiger partial charge in [0.1, 0.15) is 21.4 Å². The van der Waals surface area contributed by atoms with Crippen molar-refractivity contribution in [1.82, 2.24) is 19.9 Å². The van der Waals surface area contributed by atoms with Crippen LogP contribution in [0.15, 0.2) is 80.2 Å². The fourth-order valence-electron chi connectivity index (χ4n) is 3.59. The maximum Gasteiger partial charge on any atom is 0.337 e. The Morgan fingerprint density at radius 3 is 1.62 bits per heavy atom. The SMILES string of the molecule is CCC(C)Sc1cnc(C(=O)Nc2ccc(Br)cc2C(=O)O)cn1.CCCCSc1cnc(C(=O)Nc2ccc(Br)cc2C(=O)O)cn1. The van der Waals surface area contributed by atoms with Gasteiger partial charge in [0, 0.05) is 14.2 Å². The molecule has 48 heavy (non-hydrogen) atoms. The molecule has 0 bridgehead atoms. The van der Waals surface area contributed by atoms with Gasteiger partial charge in [-0.25, -0.2) is 29.5 Å². The smallest absolute Gasteiger partial charge is 0.337 e. The number of carbonyl (C=O) groups is 4. The topological polar surface area (TPSA) is 184 Å². The van der Waals surface area contributed by atoms with Crippen molar-refractivity contribution in [3.63, 3.8) is 0 Å². The number of hydrogen-bond donors (Lipinski definition) is 4. The quantitative estimate of drug-likeness (QED) is 0.0751. The molecule has 0 aliphatic carbocycles. The fraction of sp³-hybridized carbons (Fsp3) is 0.250. The third-order valence-electron chi connectivity index (χ3n) is 6.29. The minimum absolute atomic E-state index is 0.00238. The zero-order valence-corrected chi connectivity index (χ0v) is 30.9. The number of aromatic carboxylic acids is 2. The molecule has 0 aliphatic heterocycles. The summed E-state index contributed by atoms with van der Waals surface area (Å²) < 4.78 is 1.23. The Morgan fingerprint density at radius 1 is 0.750 bits per heavy atom. The van der Waals surface area contributed by atoms with Gasteiger partial charge in [0.15, 0.2) is 0 Å². The van der Waals surface area contributed by atoms with Crippen molar-refractivity contribution in [2.75, 3.05) is 16.4 Å². The molecule has 0 spiro atoms. The zero-order valence-electron chi connectivity index (χ0n) is 26.1. The highest BCUT2D eigenvalue weighted by Crippen LogP contribution is 2.24. The number of unbranched alkanes of at least 4 members (excludes halogenated alkanes) is 1. The Morgan fingerprint density at radius 2 is 1.23 bits per heavy atom. The molecule has 4 rings (SSSR count). The first-order valence-electron chi connectivity index (χ1n) is 14.5. The van der Waals surface area contributed by atoms with E-state index in [9.17, 15) is 29.4 Å². The van der Waals surface area contributed by atoms with Gasteiger partial charge in [0.2, 0.25) is 0 Å². The van der Waals surface area contributed by atoms with Gasteiger partial charge in [-0.3, -0.25) is 9.59 Å². The Balaban J connectivity index is 0.000000260. The maximum absolute atomic E-state index is 12.2. The van der Waals surface area contributed by atoms with Crippen molar-refractivity contribution in [3.05, 3.63) is 92.6 Å². The van der Waals surface area contributed by atoms with Crippen LogP contribution < -0.4 is 10.6 Å². The van der Waals surface area contributed by atoms with Crippen LogP contribution in [0.4, 0.5) is 11.4 Å². The lowest BCUT2D eigenvalue weighted by molar-refractivity contribution is 0.0686. The van der Waals surface area contributed by atoms with Crippen LogP contribution in [0.2, 0.25) is 0 Å².